The van der Waals surface area contributed by atoms with Gasteiger partial charge in [0.2, 0.25) is 0 Å². The molecule has 0 fully saturated rings. The van der Waals surface area contributed by atoms with E-state index in [9.17, 15) is 0 Å². The smallest absolute Gasteiger partial charge is 0.0222 e. The Morgan fingerprint density at radius 3 is 2.33 bits per heavy atom. The van der Waals surface area contributed by atoms with Crippen LogP contribution in [0.2, 0.25) is 0 Å². The normalized spacial score (nSPS) is 13.3. The molecule has 0 radical (unpaired) electrons. The largest absolute Gasteiger partial charge is 0.0985 e. The minimum atomic E-state index is 0.537. The van der Waals surface area contributed by atoms with Crippen LogP contribution in [0.4, 0.5) is 0 Å². The average Bonchev–Trinajstić information content (AvgIpc) is 2.40. The summed E-state index contributed by atoms with van der Waals surface area (Å²) in [6.07, 6.45) is 10.5. The third kappa shape index (κ3) is 4.58. The van der Waals surface area contributed by atoms with Crippen molar-refractivity contribution in [2.24, 2.45) is 5.92 Å². The van der Waals surface area contributed by atoms with E-state index < -0.39 is 0 Å². The van der Waals surface area contributed by atoms with Crippen LogP contribution in [0.5, 0.6) is 0 Å². The van der Waals surface area contributed by atoms with Gasteiger partial charge >= 0.3 is 0 Å². The van der Waals surface area contributed by atoms with Gasteiger partial charge < -0.3 is 0 Å². The monoisotopic (exact) mass is 238 g/mol. The third-order valence-corrected chi connectivity index (χ3v) is 2.84. The third-order valence-electron chi connectivity index (χ3n) is 2.84. The summed E-state index contributed by atoms with van der Waals surface area (Å²) in [6, 6.07) is 10.3. The summed E-state index contributed by atoms with van der Waals surface area (Å²) in [5, 5.41) is 0. The number of hydrogen-bond acceptors (Lipinski definition) is 0. The summed E-state index contributed by atoms with van der Waals surface area (Å²) in [7, 11) is 0. The molecule has 0 aromatic heterocycles. The zero-order valence-corrected chi connectivity index (χ0v) is 11.6. The van der Waals surface area contributed by atoms with Crippen LogP contribution in [0.3, 0.4) is 0 Å². The SMILES string of the molecule is C=CC(/C=C/c1ccccc1)=C\C(=C/C)C(C)C. The second-order valence-electron chi connectivity index (χ2n) is 4.54. The van der Waals surface area contributed by atoms with Crippen LogP contribution in [0.25, 0.3) is 6.08 Å². The Morgan fingerprint density at radius 1 is 1.17 bits per heavy atom. The van der Waals surface area contributed by atoms with Crippen LogP contribution in [-0.2, 0) is 0 Å². The lowest BCUT2D eigenvalue weighted by Gasteiger charge is -2.06. The van der Waals surface area contributed by atoms with Gasteiger partial charge in [-0.1, -0.05) is 81.1 Å². The van der Waals surface area contributed by atoms with Crippen molar-refractivity contribution < 1.29 is 0 Å². The molecule has 0 heteroatoms. The first-order chi connectivity index (χ1) is 8.67. The number of allylic oxidation sites excluding steroid dienone is 6. The fourth-order valence-corrected chi connectivity index (χ4v) is 1.71. The summed E-state index contributed by atoms with van der Waals surface area (Å²) in [4.78, 5) is 0. The number of benzene rings is 1. The molecule has 0 bridgehead atoms. The lowest BCUT2D eigenvalue weighted by atomic mass is 10.00. The highest BCUT2D eigenvalue weighted by atomic mass is 14.0. The topological polar surface area (TPSA) is 0 Å². The fraction of sp³-hybridized carbons (Fsp3) is 0.222. The molecule has 0 aliphatic heterocycles. The van der Waals surface area contributed by atoms with Crippen LogP contribution >= 0.6 is 0 Å². The molecule has 0 nitrogen and oxygen atoms in total. The minimum Gasteiger partial charge on any atom is -0.0985 e. The zero-order chi connectivity index (χ0) is 13.4. The van der Waals surface area contributed by atoms with Crippen LogP contribution in [0.15, 0.2) is 72.4 Å². The van der Waals surface area contributed by atoms with Crippen molar-refractivity contribution in [2.75, 3.05) is 0 Å². The molecule has 0 heterocycles. The van der Waals surface area contributed by atoms with Crippen LogP contribution in [0.1, 0.15) is 26.3 Å². The standard InChI is InChI=1S/C18H22/c1-5-16(14-18(6-2)15(3)4)12-13-17-10-8-7-9-11-17/h5-15H,1H2,2-4H3/b13-12+,16-14+,18-6+. The lowest BCUT2D eigenvalue weighted by molar-refractivity contribution is 0.789. The van der Waals surface area contributed by atoms with Gasteiger partial charge in [0.1, 0.15) is 0 Å². The molecule has 0 amide bonds. The van der Waals surface area contributed by atoms with Gasteiger partial charge in [0.25, 0.3) is 0 Å². The van der Waals surface area contributed by atoms with E-state index in [0.29, 0.717) is 5.92 Å². The van der Waals surface area contributed by atoms with Crippen LogP contribution in [0, 0.1) is 5.92 Å². The van der Waals surface area contributed by atoms with E-state index in [1.807, 2.05) is 24.3 Å². The molecule has 0 saturated carbocycles. The summed E-state index contributed by atoms with van der Waals surface area (Å²) in [6.45, 7) is 10.4. The summed E-state index contributed by atoms with van der Waals surface area (Å²) in [5.74, 6) is 0.537. The highest BCUT2D eigenvalue weighted by molar-refractivity contribution is 5.55. The first kappa shape index (κ1) is 14.2. The zero-order valence-electron chi connectivity index (χ0n) is 11.6. The molecule has 1 rings (SSSR count). The van der Waals surface area contributed by atoms with Crippen LogP contribution in [-0.4, -0.2) is 0 Å². The van der Waals surface area contributed by atoms with E-state index in [1.54, 1.807) is 0 Å². The maximum absolute atomic E-state index is 3.87. The quantitative estimate of drug-likeness (QED) is 0.601. The molecule has 0 atom stereocenters. The van der Waals surface area contributed by atoms with Crippen molar-refractivity contribution in [1.82, 2.24) is 0 Å². The maximum Gasteiger partial charge on any atom is -0.0222 e. The van der Waals surface area contributed by atoms with Crippen LogP contribution < -0.4 is 0 Å². The summed E-state index contributed by atoms with van der Waals surface area (Å²) < 4.78 is 0. The van der Waals surface area contributed by atoms with Crippen molar-refractivity contribution >= 4 is 6.08 Å². The van der Waals surface area contributed by atoms with Gasteiger partial charge in [-0.15, -0.1) is 0 Å². The molecule has 0 N–H and O–H groups in total. The predicted octanol–water partition coefficient (Wildman–Crippen LogP) is 5.41. The van der Waals surface area contributed by atoms with Gasteiger partial charge in [0.05, 0.1) is 0 Å². The molecule has 1 aromatic rings. The van der Waals surface area contributed by atoms with Gasteiger partial charge in [-0.05, 0) is 29.6 Å². The first-order valence-corrected chi connectivity index (χ1v) is 6.41. The van der Waals surface area contributed by atoms with E-state index >= 15 is 0 Å². The van der Waals surface area contributed by atoms with Gasteiger partial charge in [-0.2, -0.15) is 0 Å². The van der Waals surface area contributed by atoms with Crippen molar-refractivity contribution in [2.45, 2.75) is 20.8 Å². The first-order valence-electron chi connectivity index (χ1n) is 6.41. The molecule has 0 aliphatic rings. The Hall–Kier alpha value is -1.82. The van der Waals surface area contributed by atoms with Gasteiger partial charge in [0.15, 0.2) is 0 Å². The Morgan fingerprint density at radius 2 is 1.83 bits per heavy atom. The number of rotatable bonds is 5. The van der Waals surface area contributed by atoms with E-state index in [0.717, 1.165) is 5.57 Å². The van der Waals surface area contributed by atoms with Gasteiger partial charge in [-0.25, -0.2) is 0 Å². The van der Waals surface area contributed by atoms with Crippen molar-refractivity contribution in [3.63, 3.8) is 0 Å². The molecular formula is C18H22. The van der Waals surface area contributed by atoms with Crippen molar-refractivity contribution in [3.05, 3.63) is 77.9 Å². The predicted molar refractivity (Wildman–Crippen MR) is 82.4 cm³/mol. The Labute approximate surface area is 111 Å². The summed E-state index contributed by atoms with van der Waals surface area (Å²) >= 11 is 0. The van der Waals surface area contributed by atoms with E-state index in [2.05, 4.69) is 63.8 Å². The highest BCUT2D eigenvalue weighted by Gasteiger charge is 1.98. The Bertz CT molecular complexity index is 456. The van der Waals surface area contributed by atoms with Gasteiger partial charge in [-0.3, -0.25) is 0 Å². The van der Waals surface area contributed by atoms with Crippen molar-refractivity contribution in [1.29, 1.82) is 0 Å². The molecule has 0 unspecified atom stereocenters. The Kier molecular flexibility index (Phi) is 5.93. The molecule has 18 heavy (non-hydrogen) atoms. The van der Waals surface area contributed by atoms with E-state index in [1.165, 1.54) is 11.1 Å². The highest BCUT2D eigenvalue weighted by Crippen LogP contribution is 2.15. The average molecular weight is 238 g/mol. The van der Waals surface area contributed by atoms with E-state index in [4.69, 9.17) is 0 Å². The Balaban J connectivity index is 2.89. The molecule has 0 saturated heterocycles. The number of hydrogen-bond donors (Lipinski definition) is 0. The second-order valence-corrected chi connectivity index (χ2v) is 4.54. The second kappa shape index (κ2) is 7.50. The fourth-order valence-electron chi connectivity index (χ4n) is 1.71. The van der Waals surface area contributed by atoms with Crippen molar-refractivity contribution in [3.8, 4) is 0 Å². The van der Waals surface area contributed by atoms with E-state index in [-0.39, 0.29) is 0 Å². The lowest BCUT2D eigenvalue weighted by Crippen LogP contribution is -1.90. The molecule has 1 aromatic carbocycles. The summed E-state index contributed by atoms with van der Waals surface area (Å²) in [5.41, 5.74) is 3.68. The molecule has 0 spiro atoms. The molecular weight excluding hydrogens is 216 g/mol. The van der Waals surface area contributed by atoms with Gasteiger partial charge in [0, 0.05) is 0 Å². The maximum atomic E-state index is 3.87. The molecule has 94 valence electrons. The minimum absolute atomic E-state index is 0.537. The molecule has 0 aliphatic carbocycles.